The van der Waals surface area contributed by atoms with Crippen LogP contribution in [0.2, 0.25) is 0 Å². The number of carbonyl (C=O) groups excluding carboxylic acids is 1. The van der Waals surface area contributed by atoms with E-state index in [2.05, 4.69) is 33.1 Å². The predicted octanol–water partition coefficient (Wildman–Crippen LogP) is 3.11. The summed E-state index contributed by atoms with van der Waals surface area (Å²) in [6.07, 6.45) is 4.92. The largest absolute Gasteiger partial charge is 0.388 e. The number of benzene rings is 2. The van der Waals surface area contributed by atoms with Crippen molar-refractivity contribution in [1.29, 1.82) is 0 Å². The first-order chi connectivity index (χ1) is 13.2. The van der Waals surface area contributed by atoms with Gasteiger partial charge in [0.2, 0.25) is 0 Å². The molecule has 0 spiro atoms. The van der Waals surface area contributed by atoms with Crippen LogP contribution in [0.25, 0.3) is 11.3 Å². The topological polar surface area (TPSA) is 67.2 Å². The van der Waals surface area contributed by atoms with Crippen LogP contribution < -0.4 is 5.32 Å². The Morgan fingerprint density at radius 3 is 2.93 bits per heavy atom. The lowest BCUT2D eigenvalue weighted by molar-refractivity contribution is 0.0719. The highest BCUT2D eigenvalue weighted by molar-refractivity contribution is 5.94. The SMILES string of the molecule is CNC(=O)c1ccc2c(c1)CC[C@@H]([C@H]1c3ccccc3-c3cncn31)[C@H]2O. The summed E-state index contributed by atoms with van der Waals surface area (Å²) in [4.78, 5) is 16.2. The number of aromatic nitrogens is 2. The first-order valence-electron chi connectivity index (χ1n) is 9.33. The van der Waals surface area contributed by atoms with E-state index in [1.54, 1.807) is 13.1 Å². The normalized spacial score (nSPS) is 22.7. The van der Waals surface area contributed by atoms with Crippen molar-refractivity contribution in [3.05, 3.63) is 77.2 Å². The van der Waals surface area contributed by atoms with Crippen molar-refractivity contribution >= 4 is 5.91 Å². The first-order valence-corrected chi connectivity index (χ1v) is 9.33. The minimum Gasteiger partial charge on any atom is -0.388 e. The molecule has 1 aromatic heterocycles. The van der Waals surface area contributed by atoms with E-state index in [0.717, 1.165) is 29.7 Å². The Kier molecular flexibility index (Phi) is 3.65. The molecule has 1 aliphatic heterocycles. The number of carbonyl (C=O) groups is 1. The summed E-state index contributed by atoms with van der Waals surface area (Å²) in [6.45, 7) is 0. The zero-order valence-corrected chi connectivity index (χ0v) is 15.1. The Morgan fingerprint density at radius 1 is 1.22 bits per heavy atom. The molecule has 2 heterocycles. The van der Waals surface area contributed by atoms with Crippen molar-refractivity contribution in [2.24, 2.45) is 5.92 Å². The highest BCUT2D eigenvalue weighted by atomic mass is 16.3. The molecule has 2 aromatic carbocycles. The van der Waals surface area contributed by atoms with Crippen LogP contribution in [0, 0.1) is 5.92 Å². The van der Waals surface area contributed by atoms with Gasteiger partial charge in [-0.3, -0.25) is 4.79 Å². The number of rotatable bonds is 2. The van der Waals surface area contributed by atoms with E-state index in [9.17, 15) is 9.90 Å². The van der Waals surface area contributed by atoms with E-state index in [1.165, 1.54) is 11.1 Å². The van der Waals surface area contributed by atoms with Gasteiger partial charge in [0, 0.05) is 24.1 Å². The van der Waals surface area contributed by atoms with Crippen LogP contribution in [-0.2, 0) is 6.42 Å². The van der Waals surface area contributed by atoms with E-state index >= 15 is 0 Å². The summed E-state index contributed by atoms with van der Waals surface area (Å²) in [6, 6.07) is 14.1. The molecule has 136 valence electrons. The monoisotopic (exact) mass is 359 g/mol. The highest BCUT2D eigenvalue weighted by Crippen LogP contribution is 2.49. The molecule has 3 aromatic rings. The number of amides is 1. The lowest BCUT2D eigenvalue weighted by atomic mass is 9.75. The fraction of sp³-hybridized carbons (Fsp3) is 0.273. The van der Waals surface area contributed by atoms with E-state index in [1.807, 2.05) is 30.7 Å². The zero-order chi connectivity index (χ0) is 18.5. The number of hydrogen-bond acceptors (Lipinski definition) is 3. The van der Waals surface area contributed by atoms with Gasteiger partial charge in [-0.2, -0.15) is 0 Å². The molecule has 5 heteroatoms. The van der Waals surface area contributed by atoms with E-state index in [0.29, 0.717) is 5.56 Å². The van der Waals surface area contributed by atoms with Crippen molar-refractivity contribution in [3.63, 3.8) is 0 Å². The quantitative estimate of drug-likeness (QED) is 0.739. The van der Waals surface area contributed by atoms with Crippen LogP contribution in [0.5, 0.6) is 0 Å². The Bertz CT molecular complexity index is 1040. The van der Waals surface area contributed by atoms with Crippen molar-refractivity contribution in [2.75, 3.05) is 7.05 Å². The summed E-state index contributed by atoms with van der Waals surface area (Å²) in [5, 5.41) is 13.9. The maximum atomic E-state index is 11.9. The number of imidazole rings is 1. The smallest absolute Gasteiger partial charge is 0.251 e. The minimum atomic E-state index is -0.570. The zero-order valence-electron chi connectivity index (χ0n) is 15.1. The molecule has 5 rings (SSSR count). The molecule has 0 radical (unpaired) electrons. The average molecular weight is 359 g/mol. The number of nitrogens with one attached hydrogen (secondary N) is 1. The predicted molar refractivity (Wildman–Crippen MR) is 102 cm³/mol. The standard InChI is InChI=1S/C22H21N3O2/c1-23-22(27)14-7-8-15-13(10-14)6-9-18(21(15)26)20-17-5-3-2-4-16(17)19-11-24-12-25(19)20/h2-5,7-8,10-12,18,20-21,26H,6,9H2,1H3,(H,23,27)/t18-,20+,21-/m0/s1. The van der Waals surface area contributed by atoms with Gasteiger partial charge >= 0.3 is 0 Å². The lowest BCUT2D eigenvalue weighted by Crippen LogP contribution is -2.29. The third-order valence-electron chi connectivity index (χ3n) is 6.03. The van der Waals surface area contributed by atoms with Gasteiger partial charge in [-0.1, -0.05) is 30.3 Å². The molecule has 2 N–H and O–H groups in total. The van der Waals surface area contributed by atoms with E-state index in [4.69, 9.17) is 0 Å². The van der Waals surface area contributed by atoms with Gasteiger partial charge in [0.25, 0.3) is 5.91 Å². The molecule has 0 saturated heterocycles. The second-order valence-corrected chi connectivity index (χ2v) is 7.36. The number of fused-ring (bicyclic) bond motifs is 4. The summed E-state index contributed by atoms with van der Waals surface area (Å²) < 4.78 is 2.20. The third-order valence-corrected chi connectivity index (χ3v) is 6.03. The van der Waals surface area contributed by atoms with E-state index < -0.39 is 6.10 Å². The molecular formula is C22H21N3O2. The van der Waals surface area contributed by atoms with Crippen molar-refractivity contribution in [3.8, 4) is 11.3 Å². The Morgan fingerprint density at radius 2 is 2.07 bits per heavy atom. The number of aryl methyl sites for hydroxylation is 1. The van der Waals surface area contributed by atoms with Gasteiger partial charge in [0.15, 0.2) is 0 Å². The summed E-state index contributed by atoms with van der Waals surface area (Å²) in [5.41, 5.74) is 6.22. The highest BCUT2D eigenvalue weighted by Gasteiger charge is 2.40. The molecule has 1 amide bonds. The molecule has 3 atom stereocenters. The number of hydrogen-bond donors (Lipinski definition) is 2. The van der Waals surface area contributed by atoms with E-state index in [-0.39, 0.29) is 17.9 Å². The van der Waals surface area contributed by atoms with Crippen LogP contribution in [0.15, 0.2) is 55.0 Å². The fourth-order valence-electron chi connectivity index (χ4n) is 4.75. The molecule has 5 nitrogen and oxygen atoms in total. The minimum absolute atomic E-state index is 0.0694. The van der Waals surface area contributed by atoms with Gasteiger partial charge in [-0.05, 0) is 41.7 Å². The molecule has 0 saturated carbocycles. The maximum absolute atomic E-state index is 11.9. The molecule has 0 bridgehead atoms. The van der Waals surface area contributed by atoms with Crippen molar-refractivity contribution in [2.45, 2.75) is 25.0 Å². The second kappa shape index (κ2) is 6.06. The first kappa shape index (κ1) is 16.3. The van der Waals surface area contributed by atoms with Gasteiger partial charge < -0.3 is 15.0 Å². The Labute approximate surface area is 157 Å². The molecular weight excluding hydrogens is 338 g/mol. The number of nitrogens with zero attached hydrogens (tertiary/aromatic N) is 2. The molecule has 2 aliphatic rings. The average Bonchev–Trinajstić information content (AvgIpc) is 3.29. The summed E-state index contributed by atoms with van der Waals surface area (Å²) in [5.74, 6) is -0.0258. The van der Waals surface area contributed by atoms with Crippen LogP contribution in [0.3, 0.4) is 0 Å². The second-order valence-electron chi connectivity index (χ2n) is 7.36. The van der Waals surface area contributed by atoms with Gasteiger partial charge in [-0.25, -0.2) is 4.98 Å². The molecule has 1 aliphatic carbocycles. The molecule has 0 fully saturated rings. The molecule has 27 heavy (non-hydrogen) atoms. The van der Waals surface area contributed by atoms with Crippen molar-refractivity contribution in [1.82, 2.24) is 14.9 Å². The molecule has 0 unspecified atom stereocenters. The Hall–Kier alpha value is -2.92. The number of aliphatic hydroxyl groups is 1. The van der Waals surface area contributed by atoms with Crippen LogP contribution >= 0.6 is 0 Å². The summed E-state index contributed by atoms with van der Waals surface area (Å²) in [7, 11) is 1.63. The summed E-state index contributed by atoms with van der Waals surface area (Å²) >= 11 is 0. The van der Waals surface area contributed by atoms with Crippen LogP contribution in [0.1, 0.15) is 45.6 Å². The van der Waals surface area contributed by atoms with Gasteiger partial charge in [-0.15, -0.1) is 0 Å². The van der Waals surface area contributed by atoms with Crippen molar-refractivity contribution < 1.29 is 9.90 Å². The van der Waals surface area contributed by atoms with Gasteiger partial charge in [0.05, 0.1) is 30.4 Å². The number of aliphatic hydroxyl groups excluding tert-OH is 1. The Balaban J connectivity index is 1.54. The third kappa shape index (κ3) is 2.35. The fourth-order valence-corrected chi connectivity index (χ4v) is 4.75. The van der Waals surface area contributed by atoms with Gasteiger partial charge in [0.1, 0.15) is 0 Å². The van der Waals surface area contributed by atoms with Crippen LogP contribution in [-0.4, -0.2) is 27.6 Å². The van der Waals surface area contributed by atoms with Crippen LogP contribution in [0.4, 0.5) is 0 Å². The lowest BCUT2D eigenvalue weighted by Gasteiger charge is -2.35. The maximum Gasteiger partial charge on any atom is 0.251 e.